The third-order valence-corrected chi connectivity index (χ3v) is 4.31. The fourth-order valence-electron chi connectivity index (χ4n) is 1.90. The van der Waals surface area contributed by atoms with Crippen LogP contribution in [-0.2, 0) is 9.53 Å². The lowest BCUT2D eigenvalue weighted by Crippen LogP contribution is -2.24. The lowest BCUT2D eigenvalue weighted by atomic mass is 10.3. The fraction of sp³-hybridized carbons (Fsp3) is 0.333. The number of nitrogens with two attached hydrogens (primary N) is 1. The largest absolute Gasteiger partial charge is 0.465 e. The Morgan fingerprint density at radius 3 is 2.80 bits per heavy atom. The van der Waals surface area contributed by atoms with Gasteiger partial charge in [0.2, 0.25) is 0 Å². The van der Waals surface area contributed by atoms with Crippen molar-refractivity contribution in [2.45, 2.75) is 30.7 Å². The van der Waals surface area contributed by atoms with Gasteiger partial charge in [-0.2, -0.15) is 0 Å². The predicted molar refractivity (Wildman–Crippen MR) is 92.5 cm³/mol. The molecule has 0 aliphatic carbocycles. The molecule has 0 fully saturated rings. The van der Waals surface area contributed by atoms with Crippen LogP contribution in [0.1, 0.15) is 30.8 Å². The number of nitrogen functional groups attached to an aromatic ring is 1. The van der Waals surface area contributed by atoms with Crippen molar-refractivity contribution in [1.82, 2.24) is 9.97 Å². The monoisotopic (exact) mass is 366 g/mol. The van der Waals surface area contributed by atoms with Gasteiger partial charge in [-0.3, -0.25) is 19.4 Å². The molecule has 2 rings (SSSR count). The first-order chi connectivity index (χ1) is 12.0. The highest BCUT2D eigenvalue weighted by Gasteiger charge is 2.22. The Kier molecular flexibility index (Phi) is 6.23. The number of hydrogen-bond acceptors (Lipinski definition) is 8. The topological polar surface area (TPSA) is 140 Å². The van der Waals surface area contributed by atoms with Crippen LogP contribution in [0, 0.1) is 0 Å². The minimum absolute atomic E-state index is 0.0330. The lowest BCUT2D eigenvalue weighted by molar-refractivity contribution is -0.142. The van der Waals surface area contributed by atoms with Crippen LogP contribution in [0.5, 0.6) is 0 Å². The summed E-state index contributed by atoms with van der Waals surface area (Å²) < 4.78 is 9.91. The highest BCUT2D eigenvalue weighted by molar-refractivity contribution is 8.00. The number of esters is 1. The predicted octanol–water partition coefficient (Wildman–Crippen LogP) is 1.63. The second-order valence-electron chi connectivity index (χ2n) is 4.83. The van der Waals surface area contributed by atoms with Crippen molar-refractivity contribution >= 4 is 35.1 Å². The number of carbonyl (C=O) groups is 2. The molecule has 2 aromatic rings. The number of rotatable bonds is 7. The third-order valence-electron chi connectivity index (χ3n) is 3.08. The van der Waals surface area contributed by atoms with E-state index < -0.39 is 22.7 Å². The summed E-state index contributed by atoms with van der Waals surface area (Å²) >= 11 is 1.04. The molecule has 0 spiro atoms. The van der Waals surface area contributed by atoms with Crippen LogP contribution < -0.4 is 16.6 Å². The van der Waals surface area contributed by atoms with Crippen molar-refractivity contribution in [3.63, 3.8) is 0 Å². The normalized spacial score (nSPS) is 11.8. The number of furan rings is 1. The SMILES string of the molecule is CCOC(=O)[C@H](CC)Sc1nc(N)c(NC(=O)c2ccco2)c(=O)[nH]1. The molecule has 4 N–H and O–H groups in total. The van der Waals surface area contributed by atoms with Gasteiger partial charge in [-0.25, -0.2) is 4.98 Å². The zero-order valence-corrected chi connectivity index (χ0v) is 14.5. The smallest absolute Gasteiger partial charge is 0.319 e. The van der Waals surface area contributed by atoms with Gasteiger partial charge in [0.1, 0.15) is 5.25 Å². The highest BCUT2D eigenvalue weighted by atomic mass is 32.2. The summed E-state index contributed by atoms with van der Waals surface area (Å²) in [5.74, 6) is -1.15. The molecule has 9 nitrogen and oxygen atoms in total. The van der Waals surface area contributed by atoms with Crippen molar-refractivity contribution < 1.29 is 18.7 Å². The van der Waals surface area contributed by atoms with Gasteiger partial charge in [-0.1, -0.05) is 18.7 Å². The van der Waals surface area contributed by atoms with E-state index in [9.17, 15) is 14.4 Å². The van der Waals surface area contributed by atoms with Gasteiger partial charge >= 0.3 is 5.97 Å². The molecule has 0 aliphatic rings. The maximum absolute atomic E-state index is 12.2. The van der Waals surface area contributed by atoms with Gasteiger partial charge < -0.3 is 20.2 Å². The Balaban J connectivity index is 2.18. The van der Waals surface area contributed by atoms with Crippen LogP contribution in [0.4, 0.5) is 11.5 Å². The van der Waals surface area contributed by atoms with Gasteiger partial charge in [-0.05, 0) is 25.5 Å². The summed E-state index contributed by atoms with van der Waals surface area (Å²) in [6.07, 6.45) is 1.82. The summed E-state index contributed by atoms with van der Waals surface area (Å²) in [7, 11) is 0. The van der Waals surface area contributed by atoms with E-state index in [1.54, 1.807) is 13.0 Å². The average Bonchev–Trinajstić information content (AvgIpc) is 3.10. The molecule has 0 unspecified atom stereocenters. The van der Waals surface area contributed by atoms with Crippen molar-refractivity contribution in [3.8, 4) is 0 Å². The molecule has 0 bridgehead atoms. The van der Waals surface area contributed by atoms with Crippen LogP contribution in [0.2, 0.25) is 0 Å². The van der Waals surface area contributed by atoms with Crippen LogP contribution in [0.3, 0.4) is 0 Å². The summed E-state index contributed by atoms with van der Waals surface area (Å²) in [6.45, 7) is 3.79. The Labute approximate surface area is 147 Å². The average molecular weight is 366 g/mol. The number of thioether (sulfide) groups is 1. The van der Waals surface area contributed by atoms with Crippen LogP contribution in [0.25, 0.3) is 0 Å². The number of aromatic amines is 1. The summed E-state index contributed by atoms with van der Waals surface area (Å²) in [5, 5.41) is 2.00. The number of ether oxygens (including phenoxy) is 1. The minimum atomic E-state index is -0.631. The maximum Gasteiger partial charge on any atom is 0.319 e. The first-order valence-electron chi connectivity index (χ1n) is 7.54. The summed E-state index contributed by atoms with van der Waals surface area (Å²) in [6, 6.07) is 2.99. The summed E-state index contributed by atoms with van der Waals surface area (Å²) in [5.41, 5.74) is 4.95. The van der Waals surface area contributed by atoms with Gasteiger partial charge in [0, 0.05) is 0 Å². The highest BCUT2D eigenvalue weighted by Crippen LogP contribution is 2.24. The molecule has 2 heterocycles. The number of carbonyl (C=O) groups excluding carboxylic acids is 2. The molecule has 134 valence electrons. The Bertz CT molecular complexity index is 803. The van der Waals surface area contributed by atoms with Crippen LogP contribution in [0.15, 0.2) is 32.8 Å². The van der Waals surface area contributed by atoms with Gasteiger partial charge in [-0.15, -0.1) is 0 Å². The van der Waals surface area contributed by atoms with E-state index in [4.69, 9.17) is 14.9 Å². The second kappa shape index (κ2) is 8.38. The number of hydrogen-bond donors (Lipinski definition) is 3. The lowest BCUT2D eigenvalue weighted by Gasteiger charge is -2.13. The van der Waals surface area contributed by atoms with E-state index in [1.165, 1.54) is 12.3 Å². The van der Waals surface area contributed by atoms with Crippen molar-refractivity contribution in [2.75, 3.05) is 17.7 Å². The number of nitrogens with zero attached hydrogens (tertiary/aromatic N) is 1. The molecule has 0 saturated carbocycles. The molecule has 1 atom stereocenters. The van der Waals surface area contributed by atoms with Crippen LogP contribution in [-0.4, -0.2) is 33.7 Å². The zero-order chi connectivity index (χ0) is 18.4. The van der Waals surface area contributed by atoms with E-state index in [0.29, 0.717) is 6.42 Å². The van der Waals surface area contributed by atoms with Crippen molar-refractivity contribution in [2.24, 2.45) is 0 Å². The van der Waals surface area contributed by atoms with E-state index in [1.807, 2.05) is 6.92 Å². The standard InChI is InChI=1S/C15H18N4O5S/c1-3-9(14(22)23-4-2)25-15-18-11(16)10(13(21)19-15)17-12(20)8-6-5-7-24-8/h5-7,9H,3-4H2,1-2H3,(H,17,20)(H3,16,18,19,21)/t9-/m0/s1. The Morgan fingerprint density at radius 1 is 1.48 bits per heavy atom. The molecule has 2 aromatic heterocycles. The molecule has 0 aromatic carbocycles. The number of anilines is 2. The van der Waals surface area contributed by atoms with Gasteiger partial charge in [0.05, 0.1) is 12.9 Å². The van der Waals surface area contributed by atoms with E-state index in [0.717, 1.165) is 11.8 Å². The number of H-pyrrole nitrogens is 1. The first kappa shape index (κ1) is 18.6. The van der Waals surface area contributed by atoms with Crippen molar-refractivity contribution in [1.29, 1.82) is 0 Å². The Morgan fingerprint density at radius 2 is 2.24 bits per heavy atom. The van der Waals surface area contributed by atoms with Gasteiger partial charge in [0.15, 0.2) is 22.4 Å². The molecular weight excluding hydrogens is 348 g/mol. The summed E-state index contributed by atoms with van der Waals surface area (Å²) in [4.78, 5) is 42.5. The van der Waals surface area contributed by atoms with Crippen LogP contribution >= 0.6 is 11.8 Å². The number of amides is 1. The van der Waals surface area contributed by atoms with E-state index in [-0.39, 0.29) is 29.0 Å². The number of aromatic nitrogens is 2. The maximum atomic E-state index is 12.2. The van der Waals surface area contributed by atoms with Crippen molar-refractivity contribution in [3.05, 3.63) is 34.5 Å². The Hall–Kier alpha value is -2.75. The molecule has 0 saturated heterocycles. The minimum Gasteiger partial charge on any atom is -0.465 e. The van der Waals surface area contributed by atoms with E-state index >= 15 is 0 Å². The molecule has 0 radical (unpaired) electrons. The fourth-order valence-corrected chi connectivity index (χ4v) is 2.80. The van der Waals surface area contributed by atoms with E-state index in [2.05, 4.69) is 15.3 Å². The molecule has 0 aliphatic heterocycles. The second-order valence-corrected chi connectivity index (χ2v) is 6.02. The molecule has 1 amide bonds. The molecule has 10 heteroatoms. The number of nitrogens with one attached hydrogen (secondary N) is 2. The quantitative estimate of drug-likeness (QED) is 0.381. The first-order valence-corrected chi connectivity index (χ1v) is 8.42. The molecular formula is C15H18N4O5S. The van der Waals surface area contributed by atoms with Gasteiger partial charge in [0.25, 0.3) is 11.5 Å². The zero-order valence-electron chi connectivity index (χ0n) is 13.7. The molecule has 25 heavy (non-hydrogen) atoms. The third kappa shape index (κ3) is 4.63.